The minimum Gasteiger partial charge on any atom is -0.394 e. The van der Waals surface area contributed by atoms with Crippen molar-refractivity contribution in [1.29, 1.82) is 0 Å². The predicted molar refractivity (Wildman–Crippen MR) is 59.5 cm³/mol. The van der Waals surface area contributed by atoms with E-state index in [9.17, 15) is 10.1 Å². The van der Waals surface area contributed by atoms with Gasteiger partial charge in [0.1, 0.15) is 5.69 Å². The Hall–Kier alpha value is -1.63. The second kappa shape index (κ2) is 4.93. The lowest BCUT2D eigenvalue weighted by molar-refractivity contribution is -0.384. The van der Waals surface area contributed by atoms with E-state index < -0.39 is 4.92 Å². The van der Waals surface area contributed by atoms with Crippen LogP contribution in [0, 0.1) is 17.0 Å². The quantitative estimate of drug-likeness (QED) is 0.577. The number of aromatic nitrogens is 2. The Labute approximate surface area is 93.2 Å². The van der Waals surface area contributed by atoms with Crippen molar-refractivity contribution in [3.63, 3.8) is 0 Å². The Morgan fingerprint density at radius 1 is 1.69 bits per heavy atom. The van der Waals surface area contributed by atoms with E-state index in [4.69, 9.17) is 5.11 Å². The molecule has 0 spiro atoms. The van der Waals surface area contributed by atoms with E-state index in [0.717, 1.165) is 0 Å². The van der Waals surface area contributed by atoms with Gasteiger partial charge in [0.25, 0.3) is 0 Å². The molecule has 0 saturated heterocycles. The molecule has 0 bridgehead atoms. The number of aliphatic hydroxyl groups excluding tert-OH is 1. The molecule has 1 aromatic heterocycles. The van der Waals surface area contributed by atoms with Crippen molar-refractivity contribution in [1.82, 2.24) is 9.78 Å². The number of nitro groups is 1. The molecule has 90 valence electrons. The largest absolute Gasteiger partial charge is 0.394 e. The number of anilines is 1. The maximum Gasteiger partial charge on any atom is 0.333 e. The van der Waals surface area contributed by atoms with Crippen LogP contribution in [0.4, 0.5) is 11.5 Å². The first-order valence-corrected chi connectivity index (χ1v) is 5.10. The number of aliphatic hydroxyl groups is 1. The molecule has 0 aliphatic carbocycles. The second-order valence-corrected chi connectivity index (χ2v) is 3.58. The van der Waals surface area contributed by atoms with Gasteiger partial charge in [-0.3, -0.25) is 10.1 Å². The maximum absolute atomic E-state index is 10.9. The Bertz CT molecular complexity index is 388. The van der Waals surface area contributed by atoms with Crippen LogP contribution in [0.3, 0.4) is 0 Å². The third-order valence-corrected chi connectivity index (χ3v) is 2.23. The van der Waals surface area contributed by atoms with E-state index in [2.05, 4.69) is 10.4 Å². The Morgan fingerprint density at radius 2 is 2.31 bits per heavy atom. The number of rotatable bonds is 5. The van der Waals surface area contributed by atoms with E-state index >= 15 is 0 Å². The summed E-state index contributed by atoms with van der Waals surface area (Å²) in [5.41, 5.74) is 0.349. The summed E-state index contributed by atoms with van der Waals surface area (Å²) in [7, 11) is 0. The van der Waals surface area contributed by atoms with Gasteiger partial charge in [0.2, 0.25) is 5.82 Å². The van der Waals surface area contributed by atoms with E-state index in [1.54, 1.807) is 13.8 Å². The van der Waals surface area contributed by atoms with Gasteiger partial charge < -0.3 is 10.4 Å². The molecule has 16 heavy (non-hydrogen) atoms. The first kappa shape index (κ1) is 12.4. The van der Waals surface area contributed by atoms with E-state index in [-0.39, 0.29) is 18.3 Å². The van der Waals surface area contributed by atoms with Gasteiger partial charge in [0.05, 0.1) is 11.5 Å². The van der Waals surface area contributed by atoms with E-state index in [0.29, 0.717) is 18.1 Å². The van der Waals surface area contributed by atoms with Crippen LogP contribution in [0.2, 0.25) is 0 Å². The van der Waals surface area contributed by atoms with Gasteiger partial charge in [-0.05, 0) is 20.8 Å². The maximum atomic E-state index is 10.9. The zero-order valence-electron chi connectivity index (χ0n) is 9.60. The molecular formula is C9H16N4O3. The number of hydrogen-bond donors (Lipinski definition) is 2. The third kappa shape index (κ3) is 2.30. The van der Waals surface area contributed by atoms with Gasteiger partial charge in [0.15, 0.2) is 0 Å². The average molecular weight is 228 g/mol. The molecule has 1 unspecified atom stereocenters. The molecular weight excluding hydrogens is 212 g/mol. The molecule has 1 aromatic rings. The number of nitrogens with zero attached hydrogens (tertiary/aromatic N) is 3. The number of hydrogen-bond acceptors (Lipinski definition) is 5. The molecule has 1 atom stereocenters. The summed E-state index contributed by atoms with van der Waals surface area (Å²) in [5.74, 6) is 0.353. The molecule has 0 aromatic carbocycles. The summed E-state index contributed by atoms with van der Waals surface area (Å²) < 4.78 is 1.53. The molecule has 2 N–H and O–H groups in total. The van der Waals surface area contributed by atoms with Gasteiger partial charge in [-0.1, -0.05) is 0 Å². The normalized spacial score (nSPS) is 12.5. The van der Waals surface area contributed by atoms with Crippen LogP contribution in [0.1, 0.15) is 19.5 Å². The van der Waals surface area contributed by atoms with Crippen LogP contribution in [-0.2, 0) is 6.54 Å². The molecule has 0 aliphatic rings. The lowest BCUT2D eigenvalue weighted by Gasteiger charge is -2.12. The number of aryl methyl sites for hydroxylation is 2. The lowest BCUT2D eigenvalue weighted by Crippen LogP contribution is -2.22. The highest BCUT2D eigenvalue weighted by Crippen LogP contribution is 2.28. The van der Waals surface area contributed by atoms with E-state index in [1.807, 2.05) is 6.92 Å². The zero-order chi connectivity index (χ0) is 12.3. The zero-order valence-corrected chi connectivity index (χ0v) is 9.60. The standard InChI is InChI=1S/C9H16N4O3/c1-4-12-9(10-6(2)5-14)8(13(15)16)7(3)11-12/h6,10,14H,4-5H2,1-3H3. The fourth-order valence-electron chi connectivity index (χ4n) is 1.44. The van der Waals surface area contributed by atoms with Crippen LogP contribution >= 0.6 is 0 Å². The molecule has 0 radical (unpaired) electrons. The molecule has 7 nitrogen and oxygen atoms in total. The fourth-order valence-corrected chi connectivity index (χ4v) is 1.44. The first-order chi connectivity index (χ1) is 7.51. The summed E-state index contributed by atoms with van der Waals surface area (Å²) in [6.45, 7) is 5.64. The SMILES string of the molecule is CCn1nc(C)c([N+](=O)[O-])c1NC(C)CO. The smallest absolute Gasteiger partial charge is 0.333 e. The average Bonchev–Trinajstić information content (AvgIpc) is 2.54. The highest BCUT2D eigenvalue weighted by Gasteiger charge is 2.25. The van der Waals surface area contributed by atoms with Crippen LogP contribution in [-0.4, -0.2) is 32.5 Å². The molecule has 0 fully saturated rings. The van der Waals surface area contributed by atoms with Crippen molar-refractivity contribution in [2.24, 2.45) is 0 Å². The second-order valence-electron chi connectivity index (χ2n) is 3.58. The van der Waals surface area contributed by atoms with Crippen molar-refractivity contribution in [3.8, 4) is 0 Å². The van der Waals surface area contributed by atoms with Crippen LogP contribution in [0.15, 0.2) is 0 Å². The van der Waals surface area contributed by atoms with Crippen molar-refractivity contribution in [3.05, 3.63) is 15.8 Å². The molecule has 7 heteroatoms. The molecule has 1 rings (SSSR count). The van der Waals surface area contributed by atoms with Crippen molar-refractivity contribution in [2.45, 2.75) is 33.4 Å². The van der Waals surface area contributed by atoms with Crippen molar-refractivity contribution < 1.29 is 10.0 Å². The third-order valence-electron chi connectivity index (χ3n) is 2.23. The minimum atomic E-state index is -0.457. The monoisotopic (exact) mass is 228 g/mol. The van der Waals surface area contributed by atoms with Gasteiger partial charge in [-0.2, -0.15) is 5.10 Å². The van der Waals surface area contributed by atoms with Gasteiger partial charge >= 0.3 is 5.69 Å². The summed E-state index contributed by atoms with van der Waals surface area (Å²) >= 11 is 0. The first-order valence-electron chi connectivity index (χ1n) is 5.10. The molecule has 0 amide bonds. The van der Waals surface area contributed by atoms with Crippen molar-refractivity contribution in [2.75, 3.05) is 11.9 Å². The van der Waals surface area contributed by atoms with Gasteiger partial charge in [0, 0.05) is 12.6 Å². The summed E-state index contributed by atoms with van der Waals surface area (Å²) in [6.07, 6.45) is 0. The summed E-state index contributed by atoms with van der Waals surface area (Å²) in [4.78, 5) is 10.4. The topological polar surface area (TPSA) is 93.2 Å². The van der Waals surface area contributed by atoms with E-state index in [1.165, 1.54) is 4.68 Å². The highest BCUT2D eigenvalue weighted by molar-refractivity contribution is 5.59. The van der Waals surface area contributed by atoms with Crippen LogP contribution in [0.5, 0.6) is 0 Å². The van der Waals surface area contributed by atoms with Crippen LogP contribution in [0.25, 0.3) is 0 Å². The number of nitrogens with one attached hydrogen (secondary N) is 1. The Balaban J connectivity index is 3.16. The summed E-state index contributed by atoms with van der Waals surface area (Å²) in [6, 6.07) is -0.250. The Morgan fingerprint density at radius 3 is 2.75 bits per heavy atom. The summed E-state index contributed by atoms with van der Waals surface area (Å²) in [5, 5.41) is 26.8. The Kier molecular flexibility index (Phi) is 3.83. The molecule has 1 heterocycles. The van der Waals surface area contributed by atoms with Gasteiger partial charge in [-0.15, -0.1) is 0 Å². The van der Waals surface area contributed by atoms with Crippen molar-refractivity contribution >= 4 is 11.5 Å². The lowest BCUT2D eigenvalue weighted by atomic mass is 10.3. The minimum absolute atomic E-state index is 0.0258. The fraction of sp³-hybridized carbons (Fsp3) is 0.667. The highest BCUT2D eigenvalue weighted by atomic mass is 16.6. The molecule has 0 saturated carbocycles. The predicted octanol–water partition coefficient (Wildman–Crippen LogP) is 0.912. The van der Waals surface area contributed by atoms with Gasteiger partial charge in [-0.25, -0.2) is 4.68 Å². The molecule has 0 aliphatic heterocycles. The van der Waals surface area contributed by atoms with Crippen LogP contribution < -0.4 is 5.32 Å².